The van der Waals surface area contributed by atoms with E-state index in [4.69, 9.17) is 5.73 Å². The van der Waals surface area contributed by atoms with Crippen molar-refractivity contribution in [3.05, 3.63) is 65.2 Å². The first kappa shape index (κ1) is 14.9. The Morgan fingerprint density at radius 1 is 1.10 bits per heavy atom. The molecular formula is C15H13F3N2O. The first-order chi connectivity index (χ1) is 9.86. The zero-order valence-corrected chi connectivity index (χ0v) is 10.9. The molecule has 110 valence electrons. The van der Waals surface area contributed by atoms with Crippen molar-refractivity contribution in [1.82, 2.24) is 0 Å². The molecule has 1 amide bonds. The second-order valence-electron chi connectivity index (χ2n) is 4.49. The van der Waals surface area contributed by atoms with Crippen molar-refractivity contribution in [1.29, 1.82) is 0 Å². The van der Waals surface area contributed by atoms with Crippen LogP contribution in [0.1, 0.15) is 21.5 Å². The molecule has 0 aliphatic rings. The summed E-state index contributed by atoms with van der Waals surface area (Å²) in [6.45, 7) is 0.348. The summed E-state index contributed by atoms with van der Waals surface area (Å²) in [6, 6.07) is 11.5. The summed E-state index contributed by atoms with van der Waals surface area (Å²) >= 11 is 0. The van der Waals surface area contributed by atoms with Gasteiger partial charge in [-0.1, -0.05) is 18.2 Å². The zero-order valence-electron chi connectivity index (χ0n) is 10.9. The minimum atomic E-state index is -4.36. The van der Waals surface area contributed by atoms with Gasteiger partial charge in [-0.2, -0.15) is 13.2 Å². The standard InChI is InChI=1S/C15H13F3N2O/c16-15(17,18)12-2-1-3-13(8-12)20-9-10-4-6-11(7-5-10)14(19)21/h1-8,20H,9H2,(H2,19,21). The maximum atomic E-state index is 12.6. The maximum absolute atomic E-state index is 12.6. The van der Waals surface area contributed by atoms with E-state index in [1.165, 1.54) is 6.07 Å². The normalized spacial score (nSPS) is 11.2. The Kier molecular flexibility index (Phi) is 4.16. The second kappa shape index (κ2) is 5.87. The molecule has 0 spiro atoms. The number of benzene rings is 2. The van der Waals surface area contributed by atoms with Gasteiger partial charge in [0.2, 0.25) is 5.91 Å². The first-order valence-corrected chi connectivity index (χ1v) is 6.16. The third-order valence-electron chi connectivity index (χ3n) is 2.92. The van der Waals surface area contributed by atoms with Crippen LogP contribution in [0.25, 0.3) is 0 Å². The SMILES string of the molecule is NC(=O)c1ccc(CNc2cccc(C(F)(F)F)c2)cc1. The molecule has 2 aromatic carbocycles. The predicted molar refractivity (Wildman–Crippen MR) is 73.7 cm³/mol. The monoisotopic (exact) mass is 294 g/mol. The molecule has 6 heteroatoms. The summed E-state index contributed by atoms with van der Waals surface area (Å²) in [5, 5.41) is 2.91. The number of carbonyl (C=O) groups is 1. The fourth-order valence-corrected chi connectivity index (χ4v) is 1.80. The number of amides is 1. The van der Waals surface area contributed by atoms with E-state index >= 15 is 0 Å². The van der Waals surface area contributed by atoms with Crippen LogP contribution in [0.15, 0.2) is 48.5 Å². The molecule has 2 rings (SSSR count). The average molecular weight is 294 g/mol. The van der Waals surface area contributed by atoms with Crippen LogP contribution in [0.2, 0.25) is 0 Å². The van der Waals surface area contributed by atoms with E-state index < -0.39 is 17.6 Å². The van der Waals surface area contributed by atoms with E-state index in [9.17, 15) is 18.0 Å². The third kappa shape index (κ3) is 3.98. The largest absolute Gasteiger partial charge is 0.416 e. The predicted octanol–water partition coefficient (Wildman–Crippen LogP) is 3.42. The minimum Gasteiger partial charge on any atom is -0.381 e. The van der Waals surface area contributed by atoms with Crippen LogP contribution >= 0.6 is 0 Å². The number of anilines is 1. The van der Waals surface area contributed by atoms with Crippen molar-refractivity contribution in [2.75, 3.05) is 5.32 Å². The van der Waals surface area contributed by atoms with Crippen LogP contribution < -0.4 is 11.1 Å². The molecule has 0 aliphatic carbocycles. The van der Waals surface area contributed by atoms with Gasteiger partial charge in [-0.05, 0) is 35.9 Å². The molecule has 0 atom stereocenters. The fourth-order valence-electron chi connectivity index (χ4n) is 1.80. The molecular weight excluding hydrogens is 281 g/mol. The van der Waals surface area contributed by atoms with Gasteiger partial charge in [0.15, 0.2) is 0 Å². The smallest absolute Gasteiger partial charge is 0.381 e. The molecule has 21 heavy (non-hydrogen) atoms. The molecule has 2 aromatic rings. The Morgan fingerprint density at radius 2 is 1.76 bits per heavy atom. The fraction of sp³-hybridized carbons (Fsp3) is 0.133. The topological polar surface area (TPSA) is 55.1 Å². The van der Waals surface area contributed by atoms with E-state index in [-0.39, 0.29) is 0 Å². The minimum absolute atomic E-state index is 0.348. The highest BCUT2D eigenvalue weighted by molar-refractivity contribution is 5.92. The van der Waals surface area contributed by atoms with Gasteiger partial charge < -0.3 is 11.1 Å². The van der Waals surface area contributed by atoms with Crippen molar-refractivity contribution in [3.8, 4) is 0 Å². The average Bonchev–Trinajstić information content (AvgIpc) is 2.45. The number of primary amides is 1. The number of halogens is 3. The molecule has 0 aromatic heterocycles. The van der Waals surface area contributed by atoms with Crippen LogP contribution in [-0.4, -0.2) is 5.91 Å². The van der Waals surface area contributed by atoms with E-state index in [1.807, 2.05) is 0 Å². The Hall–Kier alpha value is -2.50. The number of hydrogen-bond acceptors (Lipinski definition) is 2. The summed E-state index contributed by atoms with van der Waals surface area (Å²) in [7, 11) is 0. The molecule has 0 aliphatic heterocycles. The Bertz CT molecular complexity index is 636. The molecule has 3 nitrogen and oxygen atoms in total. The Morgan fingerprint density at radius 3 is 2.33 bits per heavy atom. The van der Waals surface area contributed by atoms with Gasteiger partial charge in [0.1, 0.15) is 0 Å². The van der Waals surface area contributed by atoms with Gasteiger partial charge in [0, 0.05) is 17.8 Å². The summed E-state index contributed by atoms with van der Waals surface area (Å²) in [5.41, 5.74) is 6.02. The van der Waals surface area contributed by atoms with E-state index in [0.717, 1.165) is 17.7 Å². The zero-order chi connectivity index (χ0) is 15.5. The first-order valence-electron chi connectivity index (χ1n) is 6.16. The molecule has 0 radical (unpaired) electrons. The molecule has 0 saturated carbocycles. The van der Waals surface area contributed by atoms with Gasteiger partial charge in [0.05, 0.1) is 5.56 Å². The van der Waals surface area contributed by atoms with Gasteiger partial charge >= 0.3 is 6.18 Å². The number of nitrogens with two attached hydrogens (primary N) is 1. The number of alkyl halides is 3. The van der Waals surface area contributed by atoms with Gasteiger partial charge in [-0.3, -0.25) is 4.79 Å². The van der Waals surface area contributed by atoms with Crippen LogP contribution in [0, 0.1) is 0 Å². The highest BCUT2D eigenvalue weighted by atomic mass is 19.4. The highest BCUT2D eigenvalue weighted by Crippen LogP contribution is 2.30. The lowest BCUT2D eigenvalue weighted by Crippen LogP contribution is -2.11. The van der Waals surface area contributed by atoms with Gasteiger partial charge in [-0.25, -0.2) is 0 Å². The van der Waals surface area contributed by atoms with Crippen molar-refractivity contribution < 1.29 is 18.0 Å². The third-order valence-corrected chi connectivity index (χ3v) is 2.92. The van der Waals surface area contributed by atoms with E-state index in [1.54, 1.807) is 30.3 Å². The van der Waals surface area contributed by atoms with Crippen molar-refractivity contribution >= 4 is 11.6 Å². The molecule has 0 bridgehead atoms. The van der Waals surface area contributed by atoms with Crippen molar-refractivity contribution in [3.63, 3.8) is 0 Å². The summed E-state index contributed by atoms with van der Waals surface area (Å²) in [6.07, 6.45) is -4.36. The van der Waals surface area contributed by atoms with Gasteiger partial charge in [0.25, 0.3) is 0 Å². The summed E-state index contributed by atoms with van der Waals surface area (Å²) < 4.78 is 37.7. The van der Waals surface area contributed by atoms with Crippen LogP contribution in [-0.2, 0) is 12.7 Å². The molecule has 0 fully saturated rings. The van der Waals surface area contributed by atoms with Crippen LogP contribution in [0.3, 0.4) is 0 Å². The Labute approximate surface area is 119 Å². The number of nitrogens with one attached hydrogen (secondary N) is 1. The summed E-state index contributed by atoms with van der Waals surface area (Å²) in [5.74, 6) is -0.521. The Balaban J connectivity index is 2.04. The van der Waals surface area contributed by atoms with E-state index in [2.05, 4.69) is 5.32 Å². The molecule has 0 saturated heterocycles. The molecule has 0 unspecified atom stereocenters. The van der Waals surface area contributed by atoms with Crippen LogP contribution in [0.5, 0.6) is 0 Å². The lowest BCUT2D eigenvalue weighted by molar-refractivity contribution is -0.137. The number of rotatable bonds is 4. The summed E-state index contributed by atoms with van der Waals surface area (Å²) in [4.78, 5) is 10.9. The molecule has 3 N–H and O–H groups in total. The maximum Gasteiger partial charge on any atom is 0.416 e. The quantitative estimate of drug-likeness (QED) is 0.908. The van der Waals surface area contributed by atoms with E-state index in [0.29, 0.717) is 17.8 Å². The van der Waals surface area contributed by atoms with Gasteiger partial charge in [-0.15, -0.1) is 0 Å². The lowest BCUT2D eigenvalue weighted by Gasteiger charge is -2.10. The second-order valence-corrected chi connectivity index (χ2v) is 4.49. The van der Waals surface area contributed by atoms with Crippen molar-refractivity contribution in [2.24, 2.45) is 5.73 Å². The number of carbonyl (C=O) groups excluding carboxylic acids is 1. The molecule has 0 heterocycles. The van der Waals surface area contributed by atoms with Crippen LogP contribution in [0.4, 0.5) is 18.9 Å². The van der Waals surface area contributed by atoms with Crippen molar-refractivity contribution in [2.45, 2.75) is 12.7 Å². The number of hydrogen-bond donors (Lipinski definition) is 2. The lowest BCUT2D eigenvalue weighted by atomic mass is 10.1. The highest BCUT2D eigenvalue weighted by Gasteiger charge is 2.30.